The molecule has 4 rings (SSSR count). The van der Waals surface area contributed by atoms with Gasteiger partial charge in [0.05, 0.1) is 0 Å². The van der Waals surface area contributed by atoms with E-state index < -0.39 is 11.5 Å². The van der Waals surface area contributed by atoms with E-state index in [1.165, 1.54) is 34.1 Å². The molecule has 0 bridgehead atoms. The number of benzene rings is 2. The molecule has 0 atom stereocenters. The number of nitrogens with zero attached hydrogens (tertiary/aromatic N) is 2. The standard InChI is InChI=1S/C20H14FN3O3S/c21-14-6-4-13(5-7-14)12-27-16-3-1-2-15(10-16)23-18(25)17-11-22-20-24(19(17)26)8-9-28-20/h1-11H,12H2,(H,23,25). The summed E-state index contributed by atoms with van der Waals surface area (Å²) >= 11 is 1.32. The molecule has 1 N–H and O–H groups in total. The van der Waals surface area contributed by atoms with Gasteiger partial charge in [-0.3, -0.25) is 14.0 Å². The van der Waals surface area contributed by atoms with E-state index >= 15 is 0 Å². The van der Waals surface area contributed by atoms with Crippen LogP contribution in [0.2, 0.25) is 0 Å². The number of carbonyl (C=O) groups excluding carboxylic acids is 1. The lowest BCUT2D eigenvalue weighted by Crippen LogP contribution is -2.25. The van der Waals surface area contributed by atoms with Crippen molar-refractivity contribution in [3.05, 3.63) is 93.6 Å². The highest BCUT2D eigenvalue weighted by atomic mass is 32.1. The zero-order valence-electron chi connectivity index (χ0n) is 14.5. The van der Waals surface area contributed by atoms with Crippen LogP contribution < -0.4 is 15.6 Å². The highest BCUT2D eigenvalue weighted by molar-refractivity contribution is 7.15. The van der Waals surface area contributed by atoms with E-state index in [2.05, 4.69) is 10.3 Å². The maximum Gasteiger partial charge on any atom is 0.271 e. The summed E-state index contributed by atoms with van der Waals surface area (Å²) in [5.41, 5.74) is 0.830. The molecule has 0 fully saturated rings. The van der Waals surface area contributed by atoms with E-state index in [1.807, 2.05) is 0 Å². The fourth-order valence-electron chi connectivity index (χ4n) is 2.59. The number of hydrogen-bond acceptors (Lipinski definition) is 5. The molecule has 6 nitrogen and oxygen atoms in total. The Bertz CT molecular complexity index is 1200. The van der Waals surface area contributed by atoms with Gasteiger partial charge in [0.15, 0.2) is 4.96 Å². The molecule has 0 aliphatic carbocycles. The molecule has 2 heterocycles. The summed E-state index contributed by atoms with van der Waals surface area (Å²) < 4.78 is 20.0. The SMILES string of the molecule is O=C(Nc1cccc(OCc2ccc(F)cc2)c1)c1cnc2sccn2c1=O. The number of carbonyl (C=O) groups is 1. The van der Waals surface area contributed by atoms with Gasteiger partial charge in [0.25, 0.3) is 11.5 Å². The normalized spacial score (nSPS) is 10.8. The maximum atomic E-state index is 13.0. The number of rotatable bonds is 5. The summed E-state index contributed by atoms with van der Waals surface area (Å²) in [7, 11) is 0. The molecule has 0 unspecified atom stereocenters. The number of aromatic nitrogens is 2. The van der Waals surface area contributed by atoms with Crippen molar-refractivity contribution in [2.24, 2.45) is 0 Å². The van der Waals surface area contributed by atoms with Crippen LogP contribution in [0.4, 0.5) is 10.1 Å². The van der Waals surface area contributed by atoms with Crippen LogP contribution in [-0.4, -0.2) is 15.3 Å². The quantitative estimate of drug-likeness (QED) is 0.559. The first-order valence-corrected chi connectivity index (χ1v) is 9.22. The zero-order valence-corrected chi connectivity index (χ0v) is 15.3. The third-order valence-corrected chi connectivity index (χ3v) is 4.77. The Kier molecular flexibility index (Phi) is 4.86. The van der Waals surface area contributed by atoms with Crippen LogP contribution in [0.5, 0.6) is 5.75 Å². The Morgan fingerprint density at radius 3 is 2.86 bits per heavy atom. The topological polar surface area (TPSA) is 72.7 Å². The molecule has 28 heavy (non-hydrogen) atoms. The number of hydrogen-bond donors (Lipinski definition) is 1. The number of halogens is 1. The van der Waals surface area contributed by atoms with E-state index in [9.17, 15) is 14.0 Å². The van der Waals surface area contributed by atoms with Gasteiger partial charge in [-0.1, -0.05) is 18.2 Å². The molecule has 0 aliphatic rings. The summed E-state index contributed by atoms with van der Waals surface area (Å²) in [6.07, 6.45) is 2.86. The summed E-state index contributed by atoms with van der Waals surface area (Å²) in [5, 5.41) is 4.41. The number of anilines is 1. The van der Waals surface area contributed by atoms with Gasteiger partial charge in [0.1, 0.15) is 23.7 Å². The van der Waals surface area contributed by atoms with Crippen molar-refractivity contribution in [2.75, 3.05) is 5.32 Å². The molecule has 8 heteroatoms. The molecule has 1 amide bonds. The minimum Gasteiger partial charge on any atom is -0.489 e. The molecular weight excluding hydrogens is 381 g/mol. The minimum atomic E-state index is -0.547. The Balaban J connectivity index is 1.47. The van der Waals surface area contributed by atoms with Crippen LogP contribution in [0.1, 0.15) is 15.9 Å². The van der Waals surface area contributed by atoms with Crippen LogP contribution >= 0.6 is 11.3 Å². The smallest absolute Gasteiger partial charge is 0.271 e. The molecule has 2 aromatic heterocycles. The molecule has 0 saturated carbocycles. The highest BCUT2D eigenvalue weighted by Gasteiger charge is 2.14. The monoisotopic (exact) mass is 395 g/mol. The van der Waals surface area contributed by atoms with Crippen molar-refractivity contribution >= 4 is 27.9 Å². The Morgan fingerprint density at radius 2 is 2.04 bits per heavy atom. The van der Waals surface area contributed by atoms with Gasteiger partial charge in [-0.25, -0.2) is 9.37 Å². The maximum absolute atomic E-state index is 13.0. The summed E-state index contributed by atoms with van der Waals surface area (Å²) in [6, 6.07) is 12.8. The van der Waals surface area contributed by atoms with Crippen molar-refractivity contribution in [1.29, 1.82) is 0 Å². The summed E-state index contributed by atoms with van der Waals surface area (Å²) in [5.74, 6) is -0.321. The van der Waals surface area contributed by atoms with E-state index in [-0.39, 0.29) is 18.0 Å². The average molecular weight is 395 g/mol. The third kappa shape index (κ3) is 3.77. The lowest BCUT2D eigenvalue weighted by Gasteiger charge is -2.09. The largest absolute Gasteiger partial charge is 0.489 e. The Hall–Kier alpha value is -3.52. The predicted octanol–water partition coefficient (Wildman–Crippen LogP) is 3.73. The lowest BCUT2D eigenvalue weighted by molar-refractivity contribution is 0.102. The molecule has 140 valence electrons. The summed E-state index contributed by atoms with van der Waals surface area (Å²) in [6.45, 7) is 0.262. The minimum absolute atomic E-state index is 0.0477. The zero-order chi connectivity index (χ0) is 19.5. The molecule has 0 radical (unpaired) electrons. The van der Waals surface area contributed by atoms with Crippen molar-refractivity contribution in [3.8, 4) is 5.75 Å². The van der Waals surface area contributed by atoms with Gasteiger partial charge < -0.3 is 10.1 Å². The number of amides is 1. The van der Waals surface area contributed by atoms with Gasteiger partial charge in [-0.15, -0.1) is 11.3 Å². The first kappa shape index (κ1) is 17.9. The second kappa shape index (κ2) is 7.61. The van der Waals surface area contributed by atoms with E-state index in [0.29, 0.717) is 16.4 Å². The van der Waals surface area contributed by atoms with Crippen LogP contribution in [-0.2, 0) is 6.61 Å². The van der Waals surface area contributed by atoms with Crippen LogP contribution in [0.25, 0.3) is 4.96 Å². The highest BCUT2D eigenvalue weighted by Crippen LogP contribution is 2.19. The van der Waals surface area contributed by atoms with Gasteiger partial charge in [-0.2, -0.15) is 0 Å². The second-order valence-corrected chi connectivity index (χ2v) is 6.80. The van der Waals surface area contributed by atoms with E-state index in [4.69, 9.17) is 4.74 Å². The fourth-order valence-corrected chi connectivity index (χ4v) is 3.26. The third-order valence-electron chi connectivity index (χ3n) is 4.00. The Morgan fingerprint density at radius 1 is 1.21 bits per heavy atom. The van der Waals surface area contributed by atoms with Gasteiger partial charge in [-0.05, 0) is 29.8 Å². The van der Waals surface area contributed by atoms with Crippen molar-refractivity contribution in [2.45, 2.75) is 6.61 Å². The van der Waals surface area contributed by atoms with Crippen LogP contribution in [0.15, 0.2) is 71.1 Å². The number of fused-ring (bicyclic) bond motifs is 1. The number of ether oxygens (including phenoxy) is 1. The molecular formula is C20H14FN3O3S. The molecule has 0 aliphatic heterocycles. The average Bonchev–Trinajstić information content (AvgIpc) is 3.18. The number of nitrogens with one attached hydrogen (secondary N) is 1. The van der Waals surface area contributed by atoms with E-state index in [0.717, 1.165) is 5.56 Å². The van der Waals surface area contributed by atoms with Gasteiger partial charge in [0, 0.05) is 29.5 Å². The van der Waals surface area contributed by atoms with Gasteiger partial charge in [0.2, 0.25) is 0 Å². The van der Waals surface area contributed by atoms with Crippen LogP contribution in [0, 0.1) is 5.82 Å². The molecule has 0 spiro atoms. The molecule has 0 saturated heterocycles. The summed E-state index contributed by atoms with van der Waals surface area (Å²) in [4.78, 5) is 29.5. The lowest BCUT2D eigenvalue weighted by atomic mass is 10.2. The van der Waals surface area contributed by atoms with Crippen LogP contribution in [0.3, 0.4) is 0 Å². The predicted molar refractivity (Wildman–Crippen MR) is 104 cm³/mol. The van der Waals surface area contributed by atoms with Gasteiger partial charge >= 0.3 is 0 Å². The second-order valence-electron chi connectivity index (χ2n) is 5.93. The molecule has 4 aromatic rings. The van der Waals surface area contributed by atoms with Crippen molar-refractivity contribution in [1.82, 2.24) is 9.38 Å². The fraction of sp³-hybridized carbons (Fsp3) is 0.0500. The molecule has 2 aromatic carbocycles. The van der Waals surface area contributed by atoms with Crippen molar-refractivity contribution in [3.63, 3.8) is 0 Å². The first-order valence-electron chi connectivity index (χ1n) is 8.34. The number of thiazole rings is 1. The first-order chi connectivity index (χ1) is 13.6. The Labute approximate surface area is 162 Å². The van der Waals surface area contributed by atoms with E-state index in [1.54, 1.807) is 48.0 Å². The van der Waals surface area contributed by atoms with Crippen molar-refractivity contribution < 1.29 is 13.9 Å².